The molecule has 0 bridgehead atoms. The van der Waals surface area contributed by atoms with Gasteiger partial charge in [-0.2, -0.15) is 0 Å². The van der Waals surface area contributed by atoms with Crippen LogP contribution in [0.25, 0.3) is 0 Å². The minimum atomic E-state index is -2.02. The van der Waals surface area contributed by atoms with Crippen molar-refractivity contribution >= 4 is 0 Å². The Morgan fingerprint density at radius 1 is 0.455 bits per heavy atom. The van der Waals surface area contributed by atoms with E-state index < -0.39 is 34.6 Å². The van der Waals surface area contributed by atoms with E-state index in [0.29, 0.717) is 0 Å². The topological polar surface area (TPSA) is 0 Å². The third-order valence-corrected chi connectivity index (χ3v) is 10.3. The van der Waals surface area contributed by atoms with Crippen LogP contribution in [0.2, 0.25) is 0 Å². The van der Waals surface area contributed by atoms with Crippen molar-refractivity contribution in [1.82, 2.24) is 0 Å². The quantitative estimate of drug-likeness (QED) is 0.391. The van der Waals surface area contributed by atoms with Crippen LogP contribution in [0, 0.1) is 34.6 Å². The van der Waals surface area contributed by atoms with Gasteiger partial charge in [-0.3, -0.25) is 0 Å². The fourth-order valence-electron chi connectivity index (χ4n) is 2.40. The minimum absolute atomic E-state index is 1.37. The molecule has 0 nitrogen and oxygen atoms in total. The van der Waals surface area contributed by atoms with Crippen molar-refractivity contribution in [3.8, 4) is 0 Å². The van der Waals surface area contributed by atoms with Gasteiger partial charge in [0.2, 0.25) is 0 Å². The second-order valence-electron chi connectivity index (χ2n) is 6.83. The normalized spacial score (nSPS) is 12.7. The predicted octanol–water partition coefficient (Wildman–Crippen LogP) is 7.22. The summed E-state index contributed by atoms with van der Waals surface area (Å²) in [5.74, 6) is 0. The van der Waals surface area contributed by atoms with Gasteiger partial charge < -0.3 is 0 Å². The van der Waals surface area contributed by atoms with Crippen LogP contribution in [0.1, 0.15) is 62.3 Å². The summed E-state index contributed by atoms with van der Waals surface area (Å²) in [5.41, 5.74) is 8.33. The molecule has 0 rings (SSSR count). The Kier molecular flexibility index (Phi) is 11.2. The van der Waals surface area contributed by atoms with Gasteiger partial charge in [0.25, 0.3) is 0 Å². The fourth-order valence-corrected chi connectivity index (χ4v) is 9.07. The molecule has 0 atom stereocenters. The van der Waals surface area contributed by atoms with Crippen LogP contribution in [-0.2, 0) is 0 Å². The average Bonchev–Trinajstić information content (AvgIpc) is 2.23. The fraction of sp³-hybridized carbons (Fsp3) is 0.429. The Morgan fingerprint density at radius 2 is 0.682 bits per heavy atom. The van der Waals surface area contributed by atoms with Crippen molar-refractivity contribution in [1.29, 1.82) is 0 Å². The molecular weight excluding hydrogens is 396 g/mol. The van der Waals surface area contributed by atoms with E-state index in [2.05, 4.69) is 85.7 Å². The summed E-state index contributed by atoms with van der Waals surface area (Å²) in [6.07, 6.45) is 6.87. The summed E-state index contributed by atoms with van der Waals surface area (Å²) in [4.78, 5) is 0. The van der Waals surface area contributed by atoms with Crippen LogP contribution in [0.5, 0.6) is 0 Å². The zero-order chi connectivity index (χ0) is 17.3. The van der Waals surface area contributed by atoms with Crippen molar-refractivity contribution in [2.45, 2.75) is 62.3 Å². The van der Waals surface area contributed by atoms with Gasteiger partial charge in [-0.05, 0) is 0 Å². The molecule has 0 saturated heterocycles. The van der Waals surface area contributed by atoms with E-state index in [9.17, 15) is 0 Å². The predicted molar refractivity (Wildman–Crippen MR) is 99.6 cm³/mol. The number of allylic oxidation sites excluding steroid dienone is 9. The zero-order valence-electron chi connectivity index (χ0n) is 16.0. The molecule has 0 aromatic heterocycles. The van der Waals surface area contributed by atoms with Crippen LogP contribution < -0.4 is 0 Å². The molecule has 0 saturated carbocycles. The second-order valence-corrected chi connectivity index (χ2v) is 12.8. The van der Waals surface area contributed by atoms with Gasteiger partial charge in [0.05, 0.1) is 0 Å². The van der Waals surface area contributed by atoms with Crippen molar-refractivity contribution < 1.29 is 34.6 Å². The molecule has 0 aromatic carbocycles. The standard InChI is InChI=1S/3C7H11.Nd/c3*1-6(2)5-7(3)4;/h3*1,5H,2-4H3;. The van der Waals surface area contributed by atoms with Crippen LogP contribution in [0.3, 0.4) is 0 Å². The van der Waals surface area contributed by atoms with Crippen molar-refractivity contribution in [3.05, 3.63) is 56.8 Å². The maximum absolute atomic E-state index is 2.54. The molecule has 0 aliphatic rings. The molecule has 0 unspecified atom stereocenters. The summed E-state index contributed by atoms with van der Waals surface area (Å²) >= 11 is -2.02. The first-order valence-electron chi connectivity index (χ1n) is 7.96. The molecule has 0 radical (unpaired) electrons. The third-order valence-electron chi connectivity index (χ3n) is 2.73. The molecule has 121 valence electrons. The maximum atomic E-state index is 2.54. The van der Waals surface area contributed by atoms with Crippen molar-refractivity contribution in [3.63, 3.8) is 0 Å². The Bertz CT molecular complexity index is 456. The SMILES string of the molecule is CC(C)=C/C(C)=[CH]\[Nd](/[CH]=C(/C)C=C(C)C)/[CH]=C(/C)C=C(C)C. The Balaban J connectivity index is 5.65. The number of hydrogen-bond donors (Lipinski definition) is 0. The Labute approximate surface area is 152 Å². The Morgan fingerprint density at radius 3 is 0.864 bits per heavy atom. The van der Waals surface area contributed by atoms with E-state index in [4.69, 9.17) is 0 Å². The average molecular weight is 430 g/mol. The Hall–Kier alpha value is -0.209. The first-order valence-corrected chi connectivity index (χ1v) is 13.5. The van der Waals surface area contributed by atoms with Gasteiger partial charge in [-0.15, -0.1) is 0 Å². The molecule has 0 fully saturated rings. The molecule has 22 heavy (non-hydrogen) atoms. The monoisotopic (exact) mass is 427 g/mol. The summed E-state index contributed by atoms with van der Waals surface area (Å²) in [6.45, 7) is 19.7. The van der Waals surface area contributed by atoms with Gasteiger partial charge in [0.15, 0.2) is 0 Å². The van der Waals surface area contributed by atoms with Crippen LogP contribution >= 0.6 is 0 Å². The van der Waals surface area contributed by atoms with E-state index >= 15 is 0 Å². The first kappa shape index (κ1) is 21.8. The van der Waals surface area contributed by atoms with E-state index in [0.717, 1.165) is 0 Å². The summed E-state index contributed by atoms with van der Waals surface area (Å²) in [6, 6.07) is 0. The number of hydrogen-bond acceptors (Lipinski definition) is 0. The van der Waals surface area contributed by atoms with Crippen molar-refractivity contribution in [2.24, 2.45) is 0 Å². The summed E-state index contributed by atoms with van der Waals surface area (Å²) in [5, 5.41) is 0. The van der Waals surface area contributed by atoms with E-state index in [1.54, 1.807) is 0 Å². The van der Waals surface area contributed by atoms with E-state index in [1.165, 1.54) is 33.4 Å². The summed E-state index contributed by atoms with van der Waals surface area (Å²) in [7, 11) is 0. The van der Waals surface area contributed by atoms with Gasteiger partial charge in [0.1, 0.15) is 0 Å². The first-order chi connectivity index (χ1) is 10.1. The van der Waals surface area contributed by atoms with Crippen molar-refractivity contribution in [2.75, 3.05) is 0 Å². The molecule has 0 aliphatic heterocycles. The van der Waals surface area contributed by atoms with Crippen LogP contribution in [0.4, 0.5) is 0 Å². The van der Waals surface area contributed by atoms with Gasteiger partial charge in [-0.25, -0.2) is 0 Å². The third kappa shape index (κ3) is 12.3. The molecule has 0 heterocycles. The molecule has 0 N–H and O–H groups in total. The second kappa shape index (κ2) is 11.3. The van der Waals surface area contributed by atoms with Gasteiger partial charge in [-0.1, -0.05) is 0 Å². The van der Waals surface area contributed by atoms with Crippen LogP contribution in [-0.4, -0.2) is 0 Å². The van der Waals surface area contributed by atoms with E-state index in [1.807, 2.05) is 0 Å². The summed E-state index contributed by atoms with van der Waals surface area (Å²) < 4.78 is 7.63. The molecule has 0 amide bonds. The molecule has 0 spiro atoms. The van der Waals surface area contributed by atoms with E-state index in [-0.39, 0.29) is 0 Å². The van der Waals surface area contributed by atoms with Crippen LogP contribution in [0.15, 0.2) is 56.8 Å². The molecule has 0 aliphatic carbocycles. The molecule has 1 heteroatoms. The molecule has 0 aromatic rings. The molecular formula is C21H33Nd. The van der Waals surface area contributed by atoms with Gasteiger partial charge >= 0.3 is 154 Å². The van der Waals surface area contributed by atoms with Gasteiger partial charge in [0, 0.05) is 0 Å². The number of rotatable bonds is 6. The zero-order valence-corrected chi connectivity index (χ0v) is 19.2.